The molecule has 10 heteroatoms. The lowest BCUT2D eigenvalue weighted by molar-refractivity contribution is 0.0697. The van der Waals surface area contributed by atoms with E-state index < -0.39 is 23.4 Å². The smallest absolute Gasteiger partial charge is 0.335 e. The predicted octanol–water partition coefficient (Wildman–Crippen LogP) is 7.36. The van der Waals surface area contributed by atoms with Crippen LogP contribution in [0.2, 0.25) is 0 Å². The Balaban J connectivity index is 0.00000207. The highest BCUT2D eigenvalue weighted by Crippen LogP contribution is 2.28. The predicted molar refractivity (Wildman–Crippen MR) is 158 cm³/mol. The van der Waals surface area contributed by atoms with Crippen LogP contribution in [-0.4, -0.2) is 39.3 Å². The maximum absolute atomic E-state index is 15.4. The first kappa shape index (κ1) is 31.2. The number of rotatable bonds is 10. The minimum Gasteiger partial charge on any atom is -0.478 e. The molecule has 0 saturated heterocycles. The SMILES string of the molecule is CC.COCCn1c(Cc2cc(F)c(-c3cccc(OCc4ccc(C)cc4F)n3)cc2F)nc2ccc(C(=O)O)cc21. The molecule has 0 atom stereocenters. The van der Waals surface area contributed by atoms with Crippen molar-refractivity contribution in [1.29, 1.82) is 0 Å². The normalized spacial score (nSPS) is 10.9. The van der Waals surface area contributed by atoms with Gasteiger partial charge in [-0.25, -0.2) is 27.9 Å². The highest BCUT2D eigenvalue weighted by molar-refractivity contribution is 5.92. The maximum Gasteiger partial charge on any atom is 0.335 e. The second-order valence-corrected chi connectivity index (χ2v) is 9.53. The van der Waals surface area contributed by atoms with Gasteiger partial charge in [-0.3, -0.25) is 0 Å². The van der Waals surface area contributed by atoms with E-state index in [1.807, 2.05) is 13.8 Å². The van der Waals surface area contributed by atoms with Crippen molar-refractivity contribution in [2.45, 2.75) is 40.3 Å². The topological polar surface area (TPSA) is 86.5 Å². The summed E-state index contributed by atoms with van der Waals surface area (Å²) in [5.41, 5.74) is 2.48. The van der Waals surface area contributed by atoms with Crippen LogP contribution < -0.4 is 4.74 Å². The third kappa shape index (κ3) is 7.21. The molecule has 3 aromatic carbocycles. The van der Waals surface area contributed by atoms with Crippen molar-refractivity contribution in [2.24, 2.45) is 0 Å². The first-order chi connectivity index (χ1) is 20.7. The number of carbonyl (C=O) groups is 1. The number of carboxylic acids is 1. The summed E-state index contributed by atoms with van der Waals surface area (Å²) in [5.74, 6) is -2.26. The molecule has 0 aliphatic heterocycles. The molecule has 2 aromatic heterocycles. The average Bonchev–Trinajstić information content (AvgIpc) is 3.34. The number of imidazole rings is 1. The Morgan fingerprint density at radius 3 is 2.40 bits per heavy atom. The lowest BCUT2D eigenvalue weighted by Gasteiger charge is -2.12. The van der Waals surface area contributed by atoms with Gasteiger partial charge < -0.3 is 19.1 Å². The number of halogens is 3. The summed E-state index contributed by atoms with van der Waals surface area (Å²) in [6, 6.07) is 16.2. The van der Waals surface area contributed by atoms with Crippen LogP contribution in [0.4, 0.5) is 13.2 Å². The number of pyridine rings is 1. The van der Waals surface area contributed by atoms with Crippen LogP contribution in [0.15, 0.2) is 66.7 Å². The van der Waals surface area contributed by atoms with E-state index in [4.69, 9.17) is 9.47 Å². The quantitative estimate of drug-likeness (QED) is 0.183. The highest BCUT2D eigenvalue weighted by Gasteiger charge is 2.18. The second-order valence-electron chi connectivity index (χ2n) is 9.53. The van der Waals surface area contributed by atoms with Gasteiger partial charge in [0.05, 0.1) is 28.9 Å². The van der Waals surface area contributed by atoms with Gasteiger partial charge in [0.15, 0.2) is 0 Å². The molecule has 5 aromatic rings. The summed E-state index contributed by atoms with van der Waals surface area (Å²) < 4.78 is 57.4. The number of hydrogen-bond acceptors (Lipinski definition) is 5. The molecule has 224 valence electrons. The number of methoxy groups -OCH3 is 1. The number of benzene rings is 3. The van der Waals surface area contributed by atoms with E-state index in [-0.39, 0.29) is 41.3 Å². The maximum atomic E-state index is 15.4. The monoisotopic (exact) mass is 591 g/mol. The van der Waals surface area contributed by atoms with Gasteiger partial charge in [0, 0.05) is 37.3 Å². The number of aromatic carboxylic acids is 1. The fourth-order valence-corrected chi connectivity index (χ4v) is 4.53. The van der Waals surface area contributed by atoms with Crippen LogP contribution in [-0.2, 0) is 24.3 Å². The number of fused-ring (bicyclic) bond motifs is 1. The fourth-order valence-electron chi connectivity index (χ4n) is 4.53. The lowest BCUT2D eigenvalue weighted by Crippen LogP contribution is -2.10. The van der Waals surface area contributed by atoms with Crippen LogP contribution in [0.5, 0.6) is 5.88 Å². The molecular formula is C33H32F3N3O4. The zero-order valence-electron chi connectivity index (χ0n) is 24.3. The van der Waals surface area contributed by atoms with Gasteiger partial charge in [0.25, 0.3) is 0 Å². The van der Waals surface area contributed by atoms with Gasteiger partial charge in [-0.1, -0.05) is 32.0 Å². The van der Waals surface area contributed by atoms with E-state index in [1.165, 1.54) is 31.4 Å². The summed E-state index contributed by atoms with van der Waals surface area (Å²) in [5, 5.41) is 9.39. The van der Waals surface area contributed by atoms with Gasteiger partial charge in [-0.2, -0.15) is 0 Å². The Kier molecular flexibility index (Phi) is 10.2. The molecule has 0 aliphatic rings. The number of hydrogen-bond donors (Lipinski definition) is 1. The van der Waals surface area contributed by atoms with Crippen molar-refractivity contribution < 1.29 is 32.5 Å². The minimum atomic E-state index is -1.08. The third-order valence-corrected chi connectivity index (χ3v) is 6.66. The number of aromatic nitrogens is 3. The van der Waals surface area contributed by atoms with Crippen molar-refractivity contribution in [2.75, 3.05) is 13.7 Å². The molecule has 7 nitrogen and oxygen atoms in total. The van der Waals surface area contributed by atoms with E-state index in [0.29, 0.717) is 35.6 Å². The second kappa shape index (κ2) is 14.0. The molecule has 1 N–H and O–H groups in total. The fraction of sp³-hybridized carbons (Fsp3) is 0.242. The molecular weight excluding hydrogens is 559 g/mol. The van der Waals surface area contributed by atoms with E-state index >= 15 is 8.78 Å². The molecule has 5 rings (SSSR count). The molecule has 0 amide bonds. The van der Waals surface area contributed by atoms with Gasteiger partial charge in [-0.15, -0.1) is 0 Å². The summed E-state index contributed by atoms with van der Waals surface area (Å²) in [6.07, 6.45) is -0.0392. The summed E-state index contributed by atoms with van der Waals surface area (Å²) in [4.78, 5) is 20.3. The Morgan fingerprint density at radius 2 is 1.67 bits per heavy atom. The third-order valence-electron chi connectivity index (χ3n) is 6.66. The first-order valence-electron chi connectivity index (χ1n) is 13.8. The molecule has 0 aliphatic carbocycles. The zero-order valence-corrected chi connectivity index (χ0v) is 24.3. The number of aryl methyl sites for hydroxylation is 1. The van der Waals surface area contributed by atoms with E-state index in [2.05, 4.69) is 9.97 Å². The highest BCUT2D eigenvalue weighted by atomic mass is 19.1. The summed E-state index contributed by atoms with van der Waals surface area (Å²) >= 11 is 0. The molecule has 2 heterocycles. The number of carboxylic acid groups (broad SMARTS) is 1. The Bertz CT molecular complexity index is 1750. The largest absolute Gasteiger partial charge is 0.478 e. The Hall–Kier alpha value is -4.70. The summed E-state index contributed by atoms with van der Waals surface area (Å²) in [6.45, 7) is 6.37. The van der Waals surface area contributed by atoms with E-state index in [9.17, 15) is 14.3 Å². The van der Waals surface area contributed by atoms with Gasteiger partial charge in [0.2, 0.25) is 5.88 Å². The van der Waals surface area contributed by atoms with Crippen LogP contribution >= 0.6 is 0 Å². The van der Waals surface area contributed by atoms with Crippen molar-refractivity contribution in [1.82, 2.24) is 14.5 Å². The van der Waals surface area contributed by atoms with Crippen molar-refractivity contribution >= 4 is 17.0 Å². The number of nitrogens with zero attached hydrogens (tertiary/aromatic N) is 3. The van der Waals surface area contributed by atoms with Gasteiger partial charge >= 0.3 is 5.97 Å². The standard InChI is InChI=1S/C31H26F3N3O4.C2H6/c1-18-6-7-20(23(32)12-18)17-41-30-5-3-4-26(36-30)22-16-24(33)21(13-25(22)34)15-29-35-27-9-8-19(31(38)39)14-28(27)37(29)10-11-40-2;1-2/h3-9,12-14,16H,10-11,15,17H2,1-2H3,(H,38,39);1-2H3. The zero-order chi connectivity index (χ0) is 31.1. The molecule has 43 heavy (non-hydrogen) atoms. The minimum absolute atomic E-state index is 0.0392. The van der Waals surface area contributed by atoms with Crippen LogP contribution in [0.25, 0.3) is 22.3 Å². The average molecular weight is 592 g/mol. The molecule has 0 fully saturated rings. The van der Waals surface area contributed by atoms with Gasteiger partial charge in [0.1, 0.15) is 29.9 Å². The van der Waals surface area contributed by atoms with Crippen LogP contribution in [0.1, 0.15) is 46.7 Å². The number of ether oxygens (including phenoxy) is 2. The van der Waals surface area contributed by atoms with Gasteiger partial charge in [-0.05, 0) is 60.5 Å². The first-order valence-corrected chi connectivity index (χ1v) is 13.8. The Morgan fingerprint density at radius 1 is 0.907 bits per heavy atom. The Labute approximate surface area is 247 Å². The molecule has 0 bridgehead atoms. The van der Waals surface area contributed by atoms with Crippen LogP contribution in [0.3, 0.4) is 0 Å². The molecule has 0 unspecified atom stereocenters. The van der Waals surface area contributed by atoms with Crippen molar-refractivity contribution in [3.05, 3.63) is 112 Å². The van der Waals surface area contributed by atoms with Crippen molar-refractivity contribution in [3.63, 3.8) is 0 Å². The molecule has 0 spiro atoms. The van der Waals surface area contributed by atoms with E-state index in [1.54, 1.807) is 41.8 Å². The van der Waals surface area contributed by atoms with Crippen molar-refractivity contribution in [3.8, 4) is 17.1 Å². The molecule has 0 radical (unpaired) electrons. The molecule has 0 saturated carbocycles. The van der Waals surface area contributed by atoms with Crippen LogP contribution in [0, 0.1) is 24.4 Å². The van der Waals surface area contributed by atoms with E-state index in [0.717, 1.165) is 17.7 Å². The lowest BCUT2D eigenvalue weighted by atomic mass is 10.0. The summed E-state index contributed by atoms with van der Waals surface area (Å²) in [7, 11) is 1.53.